The van der Waals surface area contributed by atoms with Crippen LogP contribution >= 0.6 is 11.6 Å². The van der Waals surface area contributed by atoms with Crippen LogP contribution in [0, 0.1) is 0 Å². The summed E-state index contributed by atoms with van der Waals surface area (Å²) in [5.74, 6) is 1.73. The molecule has 0 saturated heterocycles. The predicted octanol–water partition coefficient (Wildman–Crippen LogP) is 2.14. The first-order valence-electron chi connectivity index (χ1n) is 7.46. The van der Waals surface area contributed by atoms with Gasteiger partial charge < -0.3 is 14.6 Å². The minimum absolute atomic E-state index is 0.0597. The third-order valence-corrected chi connectivity index (χ3v) is 3.98. The van der Waals surface area contributed by atoms with Gasteiger partial charge in [-0.3, -0.25) is 4.79 Å². The van der Waals surface area contributed by atoms with Crippen molar-refractivity contribution in [3.63, 3.8) is 0 Å². The number of rotatable bonds is 6. The van der Waals surface area contributed by atoms with Crippen molar-refractivity contribution < 1.29 is 14.1 Å². The number of benzene rings is 1. The number of quaternary nitrogens is 1. The zero-order valence-electron chi connectivity index (χ0n) is 13.2. The zero-order chi connectivity index (χ0) is 16.1. The number of likely N-dealkylation sites (N-methyl/N-ethyl adjacent to an activating group) is 2. The molecule has 0 aliphatic rings. The van der Waals surface area contributed by atoms with E-state index in [-0.39, 0.29) is 11.9 Å². The molecule has 1 aromatic carbocycles. The topological polar surface area (TPSA) is 46.7 Å². The lowest BCUT2D eigenvalue weighted by Crippen LogP contribution is -3.12. The molecule has 22 heavy (non-hydrogen) atoms. The molecule has 0 aliphatic carbocycles. The highest BCUT2D eigenvalue weighted by molar-refractivity contribution is 6.30. The molecule has 118 valence electrons. The minimum atomic E-state index is -0.121. The molecule has 0 spiro atoms. The zero-order valence-corrected chi connectivity index (χ0v) is 13.9. The van der Waals surface area contributed by atoms with Gasteiger partial charge in [0, 0.05) is 17.1 Å². The summed E-state index contributed by atoms with van der Waals surface area (Å²) in [4.78, 5) is 12.9. The lowest BCUT2D eigenvalue weighted by Gasteiger charge is -2.19. The summed E-state index contributed by atoms with van der Waals surface area (Å²) in [5, 5.41) is 3.55. The van der Waals surface area contributed by atoms with Crippen LogP contribution in [0.4, 0.5) is 0 Å². The van der Waals surface area contributed by atoms with Gasteiger partial charge >= 0.3 is 0 Å². The molecular weight excluding hydrogens is 300 g/mol. The van der Waals surface area contributed by atoms with Crippen molar-refractivity contribution in [2.24, 2.45) is 0 Å². The van der Waals surface area contributed by atoms with Crippen molar-refractivity contribution in [3.8, 4) is 11.3 Å². The summed E-state index contributed by atoms with van der Waals surface area (Å²) < 4.78 is 5.87. The van der Waals surface area contributed by atoms with Crippen LogP contribution in [0.2, 0.25) is 5.02 Å². The van der Waals surface area contributed by atoms with Gasteiger partial charge in [-0.15, -0.1) is 0 Å². The van der Waals surface area contributed by atoms with Crippen molar-refractivity contribution in [2.45, 2.75) is 26.4 Å². The quantitative estimate of drug-likeness (QED) is 0.856. The third kappa shape index (κ3) is 4.12. The van der Waals surface area contributed by atoms with Gasteiger partial charge in [0.2, 0.25) is 0 Å². The fraction of sp³-hybridized carbons (Fsp3) is 0.353. The Balaban J connectivity index is 2.02. The molecule has 2 aromatic rings. The van der Waals surface area contributed by atoms with Crippen LogP contribution in [0.3, 0.4) is 0 Å². The summed E-state index contributed by atoms with van der Waals surface area (Å²) >= 11 is 5.89. The number of carbonyl (C=O) groups is 1. The van der Waals surface area contributed by atoms with Crippen molar-refractivity contribution in [1.82, 2.24) is 5.32 Å². The smallest absolute Gasteiger partial charge is 0.278 e. The maximum Gasteiger partial charge on any atom is 0.278 e. The van der Waals surface area contributed by atoms with E-state index < -0.39 is 0 Å². The molecule has 2 atom stereocenters. The van der Waals surface area contributed by atoms with E-state index >= 15 is 0 Å². The van der Waals surface area contributed by atoms with Crippen LogP contribution in [0.25, 0.3) is 11.3 Å². The molecule has 4 nitrogen and oxygen atoms in total. The second-order valence-electron chi connectivity index (χ2n) is 5.41. The minimum Gasteiger partial charge on any atom is -0.455 e. The van der Waals surface area contributed by atoms with Crippen LogP contribution < -0.4 is 10.2 Å². The molecular formula is C17H22ClN2O2+. The van der Waals surface area contributed by atoms with E-state index in [2.05, 4.69) is 5.32 Å². The number of hydrogen-bond donors (Lipinski definition) is 2. The van der Waals surface area contributed by atoms with E-state index in [1.165, 1.54) is 0 Å². The first-order valence-corrected chi connectivity index (χ1v) is 7.83. The number of halogens is 1. The standard InChI is InChI=1S/C17H21ClN2O2/c1-4-19-17(21)12(2)20(3)11-15-9-10-16(22-15)13-5-7-14(18)8-6-13/h5-10,12H,4,11H2,1-3H3,(H,19,21)/p+1/t12-/m0/s1. The van der Waals surface area contributed by atoms with Crippen LogP contribution in [-0.2, 0) is 11.3 Å². The largest absolute Gasteiger partial charge is 0.455 e. The van der Waals surface area contributed by atoms with Gasteiger partial charge in [0.05, 0.1) is 7.05 Å². The van der Waals surface area contributed by atoms with Crippen molar-refractivity contribution in [1.29, 1.82) is 0 Å². The highest BCUT2D eigenvalue weighted by Gasteiger charge is 2.22. The first kappa shape index (κ1) is 16.6. The molecule has 1 aromatic heterocycles. The molecule has 2 N–H and O–H groups in total. The second kappa shape index (κ2) is 7.47. The van der Waals surface area contributed by atoms with E-state index in [4.69, 9.17) is 16.0 Å². The maximum atomic E-state index is 11.9. The van der Waals surface area contributed by atoms with E-state index in [0.29, 0.717) is 18.1 Å². The van der Waals surface area contributed by atoms with Gasteiger partial charge in [-0.05, 0) is 50.2 Å². The number of nitrogens with one attached hydrogen (secondary N) is 2. The van der Waals surface area contributed by atoms with Gasteiger partial charge in [0.1, 0.15) is 12.3 Å². The van der Waals surface area contributed by atoms with Gasteiger partial charge in [0.25, 0.3) is 5.91 Å². The summed E-state index contributed by atoms with van der Waals surface area (Å²) in [7, 11) is 1.99. The average molecular weight is 322 g/mol. The Morgan fingerprint density at radius 2 is 1.95 bits per heavy atom. The Morgan fingerprint density at radius 3 is 2.59 bits per heavy atom. The van der Waals surface area contributed by atoms with Gasteiger partial charge in [0.15, 0.2) is 11.8 Å². The Morgan fingerprint density at radius 1 is 1.27 bits per heavy atom. The highest BCUT2D eigenvalue weighted by atomic mass is 35.5. The molecule has 0 aliphatic heterocycles. The summed E-state index contributed by atoms with van der Waals surface area (Å²) in [6.07, 6.45) is 0. The predicted molar refractivity (Wildman–Crippen MR) is 87.9 cm³/mol. The van der Waals surface area contributed by atoms with E-state index in [1.54, 1.807) is 0 Å². The SMILES string of the molecule is CCNC(=O)[C@H](C)[NH+](C)Cc1ccc(-c2ccc(Cl)cc2)o1. The molecule has 2 rings (SSSR count). The Labute approximate surface area is 136 Å². The fourth-order valence-electron chi connectivity index (χ4n) is 2.22. The Kier molecular flexibility index (Phi) is 5.63. The average Bonchev–Trinajstić information content (AvgIpc) is 2.95. The van der Waals surface area contributed by atoms with Crippen molar-refractivity contribution >= 4 is 17.5 Å². The van der Waals surface area contributed by atoms with Crippen molar-refractivity contribution in [3.05, 3.63) is 47.2 Å². The van der Waals surface area contributed by atoms with Crippen molar-refractivity contribution in [2.75, 3.05) is 13.6 Å². The fourth-order valence-corrected chi connectivity index (χ4v) is 2.35. The highest BCUT2D eigenvalue weighted by Crippen LogP contribution is 2.23. The van der Waals surface area contributed by atoms with E-state index in [1.807, 2.05) is 57.3 Å². The molecule has 0 saturated carbocycles. The Bertz CT molecular complexity index is 622. The monoisotopic (exact) mass is 321 g/mol. The molecule has 5 heteroatoms. The summed E-state index contributed by atoms with van der Waals surface area (Å²) in [5.41, 5.74) is 0.991. The number of furan rings is 1. The molecule has 1 unspecified atom stereocenters. The molecule has 0 radical (unpaired) electrons. The molecule has 0 fully saturated rings. The number of amides is 1. The lowest BCUT2D eigenvalue weighted by atomic mass is 10.2. The molecule has 1 amide bonds. The first-order chi connectivity index (χ1) is 10.5. The number of hydrogen-bond acceptors (Lipinski definition) is 2. The normalized spacial score (nSPS) is 13.6. The second-order valence-corrected chi connectivity index (χ2v) is 5.85. The van der Waals surface area contributed by atoms with Gasteiger partial charge in [-0.25, -0.2) is 0 Å². The van der Waals surface area contributed by atoms with Gasteiger partial charge in [-0.1, -0.05) is 11.6 Å². The van der Waals surface area contributed by atoms with Crippen LogP contribution in [0.5, 0.6) is 0 Å². The summed E-state index contributed by atoms with van der Waals surface area (Å²) in [6, 6.07) is 11.3. The van der Waals surface area contributed by atoms with Gasteiger partial charge in [-0.2, -0.15) is 0 Å². The molecule has 1 heterocycles. The van der Waals surface area contributed by atoms with E-state index in [0.717, 1.165) is 22.0 Å². The van der Waals surface area contributed by atoms with Crippen LogP contribution in [-0.4, -0.2) is 25.5 Å². The third-order valence-electron chi connectivity index (χ3n) is 3.73. The number of carbonyl (C=O) groups excluding carboxylic acids is 1. The van der Waals surface area contributed by atoms with E-state index in [9.17, 15) is 4.79 Å². The Hall–Kier alpha value is -1.78. The molecule has 0 bridgehead atoms. The lowest BCUT2D eigenvalue weighted by molar-refractivity contribution is -0.909. The van der Waals surface area contributed by atoms with Crippen LogP contribution in [0.1, 0.15) is 19.6 Å². The summed E-state index contributed by atoms with van der Waals surface area (Å²) in [6.45, 7) is 5.15. The van der Waals surface area contributed by atoms with Crippen LogP contribution in [0.15, 0.2) is 40.8 Å². The maximum absolute atomic E-state index is 11.9.